The molecule has 0 aliphatic carbocycles. The number of urea groups is 1. The van der Waals surface area contributed by atoms with Gasteiger partial charge >= 0.3 is 6.03 Å². The van der Waals surface area contributed by atoms with Gasteiger partial charge in [-0.2, -0.15) is 0 Å². The number of amides is 2. The lowest BCUT2D eigenvalue weighted by Gasteiger charge is -2.22. The number of carbonyl (C=O) groups is 1. The number of hydrogen-bond acceptors (Lipinski definition) is 2. The second-order valence-corrected chi connectivity index (χ2v) is 4.67. The van der Waals surface area contributed by atoms with Crippen molar-refractivity contribution in [3.63, 3.8) is 0 Å². The van der Waals surface area contributed by atoms with Gasteiger partial charge in [0.15, 0.2) is 0 Å². The molecule has 0 bridgehead atoms. The fraction of sp³-hybridized carbons (Fsp3) is 0.500. The molecule has 19 heavy (non-hydrogen) atoms. The van der Waals surface area contributed by atoms with Crippen molar-refractivity contribution in [1.29, 1.82) is 0 Å². The number of nitrogens with one attached hydrogen (secondary N) is 1. The van der Waals surface area contributed by atoms with Gasteiger partial charge in [0.25, 0.3) is 0 Å². The molecule has 0 aliphatic rings. The molecule has 1 aromatic rings. The second kappa shape index (κ2) is 7.89. The number of carbonyl (C=O) groups excluding carboxylic acids is 1. The molecule has 0 radical (unpaired) electrons. The van der Waals surface area contributed by atoms with Crippen LogP contribution in [0.15, 0.2) is 18.2 Å². The highest BCUT2D eigenvalue weighted by Crippen LogP contribution is 2.27. The number of methoxy groups -OCH3 is 1. The fourth-order valence-electron chi connectivity index (χ4n) is 1.80. The quantitative estimate of drug-likeness (QED) is 0.858. The second-order valence-electron chi connectivity index (χ2n) is 4.27. The van der Waals surface area contributed by atoms with E-state index in [0.717, 1.165) is 25.9 Å². The molecule has 5 heteroatoms. The predicted octanol–water partition coefficient (Wildman–Crippen LogP) is 4.00. The van der Waals surface area contributed by atoms with Gasteiger partial charge in [0.1, 0.15) is 5.75 Å². The van der Waals surface area contributed by atoms with E-state index in [4.69, 9.17) is 16.3 Å². The Morgan fingerprint density at radius 3 is 2.42 bits per heavy atom. The highest BCUT2D eigenvalue weighted by Gasteiger charge is 2.12. The van der Waals surface area contributed by atoms with Crippen LogP contribution in [0.2, 0.25) is 5.02 Å². The zero-order valence-electron chi connectivity index (χ0n) is 11.7. The lowest BCUT2D eigenvalue weighted by Crippen LogP contribution is -2.36. The summed E-state index contributed by atoms with van der Waals surface area (Å²) in [4.78, 5) is 13.9. The van der Waals surface area contributed by atoms with Crippen molar-refractivity contribution in [3.8, 4) is 5.75 Å². The molecule has 0 heterocycles. The number of benzene rings is 1. The first-order chi connectivity index (χ1) is 9.12. The summed E-state index contributed by atoms with van der Waals surface area (Å²) >= 11 is 6.02. The van der Waals surface area contributed by atoms with Crippen molar-refractivity contribution in [1.82, 2.24) is 4.90 Å². The molecule has 2 amide bonds. The minimum Gasteiger partial charge on any atom is -0.495 e. The molecule has 0 unspecified atom stereocenters. The molecule has 1 N–H and O–H groups in total. The number of halogens is 1. The molecule has 0 spiro atoms. The third kappa shape index (κ3) is 4.63. The summed E-state index contributed by atoms with van der Waals surface area (Å²) in [6.07, 6.45) is 1.88. The maximum absolute atomic E-state index is 12.1. The van der Waals surface area contributed by atoms with E-state index in [1.54, 1.807) is 30.2 Å². The molecule has 0 aliphatic heterocycles. The van der Waals surface area contributed by atoms with Gasteiger partial charge in [-0.25, -0.2) is 4.79 Å². The Morgan fingerprint density at radius 1 is 1.32 bits per heavy atom. The molecular weight excluding hydrogens is 264 g/mol. The van der Waals surface area contributed by atoms with Crippen molar-refractivity contribution >= 4 is 23.3 Å². The molecule has 0 saturated heterocycles. The van der Waals surface area contributed by atoms with E-state index in [0.29, 0.717) is 16.5 Å². The van der Waals surface area contributed by atoms with Crippen molar-refractivity contribution in [2.45, 2.75) is 26.7 Å². The van der Waals surface area contributed by atoms with Crippen LogP contribution in [0, 0.1) is 0 Å². The summed E-state index contributed by atoms with van der Waals surface area (Å²) in [5.74, 6) is 0.596. The van der Waals surface area contributed by atoms with E-state index < -0.39 is 0 Å². The number of nitrogens with zero attached hydrogens (tertiary/aromatic N) is 1. The minimum atomic E-state index is -0.0927. The van der Waals surface area contributed by atoms with E-state index in [1.807, 2.05) is 0 Å². The lowest BCUT2D eigenvalue weighted by atomic mass is 10.3. The topological polar surface area (TPSA) is 41.6 Å². The molecule has 0 atom stereocenters. The van der Waals surface area contributed by atoms with Crippen molar-refractivity contribution in [2.24, 2.45) is 0 Å². The third-order valence-corrected chi connectivity index (χ3v) is 2.97. The van der Waals surface area contributed by atoms with Crippen molar-refractivity contribution in [3.05, 3.63) is 23.2 Å². The van der Waals surface area contributed by atoms with E-state index >= 15 is 0 Å². The Labute approximate surface area is 119 Å². The van der Waals surface area contributed by atoms with Crippen molar-refractivity contribution < 1.29 is 9.53 Å². The first-order valence-electron chi connectivity index (χ1n) is 6.51. The first-order valence-corrected chi connectivity index (χ1v) is 6.89. The predicted molar refractivity (Wildman–Crippen MR) is 79.2 cm³/mol. The van der Waals surface area contributed by atoms with Gasteiger partial charge in [-0.15, -0.1) is 0 Å². The van der Waals surface area contributed by atoms with Crippen LogP contribution in [0.1, 0.15) is 26.7 Å². The molecule has 0 aromatic heterocycles. The van der Waals surface area contributed by atoms with Crippen LogP contribution in [-0.4, -0.2) is 31.1 Å². The van der Waals surface area contributed by atoms with Gasteiger partial charge in [0.2, 0.25) is 0 Å². The summed E-state index contributed by atoms with van der Waals surface area (Å²) < 4.78 is 5.07. The van der Waals surface area contributed by atoms with Crippen LogP contribution in [0.5, 0.6) is 5.75 Å². The van der Waals surface area contributed by atoms with Gasteiger partial charge < -0.3 is 15.0 Å². The highest BCUT2D eigenvalue weighted by atomic mass is 35.5. The lowest BCUT2D eigenvalue weighted by molar-refractivity contribution is 0.211. The molecule has 1 rings (SSSR count). The highest BCUT2D eigenvalue weighted by molar-refractivity contribution is 6.32. The summed E-state index contributed by atoms with van der Waals surface area (Å²) in [6.45, 7) is 5.62. The van der Waals surface area contributed by atoms with Crippen LogP contribution in [0.4, 0.5) is 10.5 Å². The van der Waals surface area contributed by atoms with E-state index in [1.165, 1.54) is 0 Å². The molecule has 4 nitrogen and oxygen atoms in total. The van der Waals surface area contributed by atoms with Gasteiger partial charge in [-0.3, -0.25) is 0 Å². The van der Waals surface area contributed by atoms with Gasteiger partial charge in [-0.1, -0.05) is 25.4 Å². The van der Waals surface area contributed by atoms with Crippen LogP contribution in [-0.2, 0) is 0 Å². The maximum Gasteiger partial charge on any atom is 0.321 e. The summed E-state index contributed by atoms with van der Waals surface area (Å²) in [5, 5.41) is 3.33. The Morgan fingerprint density at radius 2 is 1.95 bits per heavy atom. The average molecular weight is 285 g/mol. The van der Waals surface area contributed by atoms with Gasteiger partial charge in [0, 0.05) is 18.8 Å². The molecule has 1 aromatic carbocycles. The molecule has 0 saturated carbocycles. The average Bonchev–Trinajstić information content (AvgIpc) is 2.38. The van der Waals surface area contributed by atoms with Crippen LogP contribution in [0.25, 0.3) is 0 Å². The summed E-state index contributed by atoms with van der Waals surface area (Å²) in [6, 6.07) is 5.11. The van der Waals surface area contributed by atoms with E-state index in [9.17, 15) is 4.79 Å². The maximum atomic E-state index is 12.1. The summed E-state index contributed by atoms with van der Waals surface area (Å²) in [7, 11) is 1.56. The number of rotatable bonds is 6. The number of ether oxygens (including phenoxy) is 1. The smallest absolute Gasteiger partial charge is 0.321 e. The molecule has 0 fully saturated rings. The largest absolute Gasteiger partial charge is 0.495 e. The van der Waals surface area contributed by atoms with Gasteiger partial charge in [-0.05, 0) is 31.0 Å². The number of hydrogen-bond donors (Lipinski definition) is 1. The molecular formula is C14H21ClN2O2. The van der Waals surface area contributed by atoms with E-state index in [2.05, 4.69) is 19.2 Å². The van der Waals surface area contributed by atoms with Crippen LogP contribution < -0.4 is 10.1 Å². The monoisotopic (exact) mass is 284 g/mol. The molecule has 106 valence electrons. The van der Waals surface area contributed by atoms with Crippen LogP contribution in [0.3, 0.4) is 0 Å². The zero-order valence-corrected chi connectivity index (χ0v) is 12.5. The van der Waals surface area contributed by atoms with Crippen LogP contribution >= 0.6 is 11.6 Å². The first kappa shape index (κ1) is 15.6. The normalized spacial score (nSPS) is 10.1. The number of anilines is 1. The summed E-state index contributed by atoms with van der Waals surface area (Å²) in [5.41, 5.74) is 0.674. The Balaban J connectivity index is 2.71. The van der Waals surface area contributed by atoms with Gasteiger partial charge in [0.05, 0.1) is 12.1 Å². The minimum absolute atomic E-state index is 0.0927. The Hall–Kier alpha value is -1.42. The zero-order chi connectivity index (χ0) is 14.3. The standard InChI is InChI=1S/C14H21ClN2O2/c1-4-8-17(9-5-2)14(18)16-11-6-7-13(19-3)12(15)10-11/h6-7,10H,4-5,8-9H2,1-3H3,(H,16,18). The Kier molecular flexibility index (Phi) is 6.50. The van der Waals surface area contributed by atoms with Crippen molar-refractivity contribution in [2.75, 3.05) is 25.5 Å². The third-order valence-electron chi connectivity index (χ3n) is 2.68. The Bertz CT molecular complexity index is 418. The van der Waals surface area contributed by atoms with E-state index in [-0.39, 0.29) is 6.03 Å². The SMILES string of the molecule is CCCN(CCC)C(=O)Nc1ccc(OC)c(Cl)c1. The fourth-order valence-corrected chi connectivity index (χ4v) is 2.06.